The molecule has 5 nitrogen and oxygen atoms in total. The number of carbonyl (C=O) groups is 1. The van der Waals surface area contributed by atoms with Gasteiger partial charge in [-0.15, -0.1) is 0 Å². The van der Waals surface area contributed by atoms with E-state index in [0.717, 1.165) is 49.8 Å². The molecule has 1 saturated heterocycles. The molecule has 0 aliphatic carbocycles. The number of nitrogens with zero attached hydrogens (tertiary/aromatic N) is 2. The van der Waals surface area contributed by atoms with Crippen LogP contribution in [0.25, 0.3) is 0 Å². The number of amides is 1. The van der Waals surface area contributed by atoms with Crippen molar-refractivity contribution in [3.8, 4) is 0 Å². The molecule has 2 aromatic rings. The third-order valence-electron chi connectivity index (χ3n) is 5.13. The summed E-state index contributed by atoms with van der Waals surface area (Å²) >= 11 is 0. The number of nitrogens with one attached hydrogen (secondary N) is 2. The van der Waals surface area contributed by atoms with Crippen LogP contribution in [-0.4, -0.2) is 30.5 Å². The third kappa shape index (κ3) is 5.46. The van der Waals surface area contributed by atoms with E-state index in [1.165, 1.54) is 18.5 Å². The number of hydrogen-bond donors (Lipinski definition) is 2. The highest BCUT2D eigenvalue weighted by Gasteiger charge is 2.16. The van der Waals surface area contributed by atoms with E-state index in [4.69, 9.17) is 0 Å². The second-order valence-corrected chi connectivity index (χ2v) is 7.38. The van der Waals surface area contributed by atoms with Crippen molar-refractivity contribution in [3.05, 3.63) is 48.3 Å². The maximum atomic E-state index is 12.5. The third-order valence-corrected chi connectivity index (χ3v) is 5.13. The van der Waals surface area contributed by atoms with E-state index < -0.39 is 0 Å². The van der Waals surface area contributed by atoms with Gasteiger partial charge in [-0.3, -0.25) is 9.78 Å². The van der Waals surface area contributed by atoms with E-state index >= 15 is 0 Å². The van der Waals surface area contributed by atoms with Crippen LogP contribution in [0, 0.1) is 5.92 Å². The average molecular weight is 367 g/mol. The lowest BCUT2D eigenvalue weighted by Gasteiger charge is -2.32. The first-order valence-corrected chi connectivity index (χ1v) is 10.0. The zero-order valence-electron chi connectivity index (χ0n) is 16.4. The first kappa shape index (κ1) is 19.2. The van der Waals surface area contributed by atoms with Crippen molar-refractivity contribution in [2.24, 2.45) is 5.92 Å². The van der Waals surface area contributed by atoms with Crippen molar-refractivity contribution in [1.29, 1.82) is 0 Å². The van der Waals surface area contributed by atoms with E-state index in [1.54, 1.807) is 12.3 Å². The lowest BCUT2D eigenvalue weighted by atomic mass is 9.99. The Morgan fingerprint density at radius 2 is 1.89 bits per heavy atom. The molecule has 1 amide bonds. The molecule has 1 fully saturated rings. The zero-order chi connectivity index (χ0) is 19.1. The summed E-state index contributed by atoms with van der Waals surface area (Å²) in [6, 6.07) is 11.8. The fourth-order valence-corrected chi connectivity index (χ4v) is 3.29. The van der Waals surface area contributed by atoms with Gasteiger partial charge in [0.05, 0.1) is 0 Å². The number of anilines is 3. The molecule has 0 unspecified atom stereocenters. The van der Waals surface area contributed by atoms with Gasteiger partial charge in [-0.1, -0.05) is 20.3 Å². The highest BCUT2D eigenvalue weighted by atomic mass is 16.1. The molecule has 1 aromatic carbocycles. The van der Waals surface area contributed by atoms with Crippen molar-refractivity contribution in [2.75, 3.05) is 35.2 Å². The predicted octanol–water partition coefficient (Wildman–Crippen LogP) is 4.78. The van der Waals surface area contributed by atoms with Gasteiger partial charge in [0.15, 0.2) is 0 Å². The Morgan fingerprint density at radius 3 is 2.59 bits per heavy atom. The van der Waals surface area contributed by atoms with Gasteiger partial charge in [0.25, 0.3) is 5.91 Å². The minimum absolute atomic E-state index is 0.186. The van der Waals surface area contributed by atoms with Gasteiger partial charge in [-0.05, 0) is 61.6 Å². The summed E-state index contributed by atoms with van der Waals surface area (Å²) in [5.74, 6) is 0.633. The summed E-state index contributed by atoms with van der Waals surface area (Å²) in [6.45, 7) is 7.59. The van der Waals surface area contributed by atoms with Crippen molar-refractivity contribution < 1.29 is 4.79 Å². The summed E-state index contributed by atoms with van der Waals surface area (Å²) in [4.78, 5) is 19.1. The molecular formula is C22H30N4O. The van der Waals surface area contributed by atoms with Crippen LogP contribution in [0.1, 0.15) is 50.0 Å². The summed E-state index contributed by atoms with van der Waals surface area (Å²) in [6.07, 6.45) is 6.40. The molecule has 0 saturated carbocycles. The van der Waals surface area contributed by atoms with Gasteiger partial charge >= 0.3 is 0 Å². The highest BCUT2D eigenvalue weighted by Crippen LogP contribution is 2.24. The minimum Gasteiger partial charge on any atom is -0.385 e. The smallest absolute Gasteiger partial charge is 0.274 e. The van der Waals surface area contributed by atoms with Crippen molar-refractivity contribution in [1.82, 2.24) is 4.98 Å². The molecule has 1 aromatic heterocycles. The van der Waals surface area contributed by atoms with Gasteiger partial charge < -0.3 is 15.5 Å². The lowest BCUT2D eigenvalue weighted by molar-refractivity contribution is 0.102. The molecule has 144 valence electrons. The zero-order valence-corrected chi connectivity index (χ0v) is 16.4. The standard InChI is InChI=1S/C22H30N4O/c1-3-4-12-23-19-9-13-24-21(16-19)22(27)25-18-5-7-20(8-6-18)26-14-10-17(2)11-15-26/h5-9,13,16-17H,3-4,10-12,14-15H2,1-2H3,(H,23,24)(H,25,27). The topological polar surface area (TPSA) is 57.3 Å². The highest BCUT2D eigenvalue weighted by molar-refractivity contribution is 6.03. The largest absolute Gasteiger partial charge is 0.385 e. The second kappa shape index (κ2) is 9.40. The summed E-state index contributed by atoms with van der Waals surface area (Å²) < 4.78 is 0. The predicted molar refractivity (Wildman–Crippen MR) is 113 cm³/mol. The van der Waals surface area contributed by atoms with Crippen molar-refractivity contribution >= 4 is 23.0 Å². The molecule has 0 atom stereocenters. The van der Waals surface area contributed by atoms with Crippen LogP contribution in [0.3, 0.4) is 0 Å². The molecule has 2 N–H and O–H groups in total. The maximum Gasteiger partial charge on any atom is 0.274 e. The van der Waals surface area contributed by atoms with Crippen molar-refractivity contribution in [3.63, 3.8) is 0 Å². The van der Waals surface area contributed by atoms with E-state index in [9.17, 15) is 4.79 Å². The molecule has 0 radical (unpaired) electrons. The molecule has 5 heteroatoms. The minimum atomic E-state index is -0.186. The van der Waals surface area contributed by atoms with Gasteiger partial charge in [0.1, 0.15) is 5.69 Å². The maximum absolute atomic E-state index is 12.5. The first-order chi connectivity index (χ1) is 13.2. The second-order valence-electron chi connectivity index (χ2n) is 7.38. The summed E-state index contributed by atoms with van der Waals surface area (Å²) in [7, 11) is 0. The Bertz CT molecular complexity index is 736. The van der Waals surface area contributed by atoms with E-state index in [1.807, 2.05) is 18.2 Å². The van der Waals surface area contributed by atoms with Gasteiger partial charge in [0, 0.05) is 42.9 Å². The number of carbonyl (C=O) groups excluding carboxylic acids is 1. The Balaban J connectivity index is 1.58. The average Bonchev–Trinajstić information content (AvgIpc) is 2.70. The number of piperidine rings is 1. The van der Waals surface area contributed by atoms with Crippen LogP contribution in [0.15, 0.2) is 42.6 Å². The van der Waals surface area contributed by atoms with E-state index in [0.29, 0.717) is 5.69 Å². The molecule has 3 rings (SSSR count). The summed E-state index contributed by atoms with van der Waals surface area (Å²) in [5, 5.41) is 6.27. The Kier molecular flexibility index (Phi) is 6.69. The molecular weight excluding hydrogens is 336 g/mol. The normalized spacial score (nSPS) is 14.8. The van der Waals surface area contributed by atoms with Crippen LogP contribution in [0.5, 0.6) is 0 Å². The van der Waals surface area contributed by atoms with Crippen LogP contribution >= 0.6 is 0 Å². The van der Waals surface area contributed by atoms with Crippen LogP contribution in [-0.2, 0) is 0 Å². The number of aromatic nitrogens is 1. The molecule has 1 aliphatic heterocycles. The monoisotopic (exact) mass is 366 g/mol. The molecule has 1 aliphatic rings. The quantitative estimate of drug-likeness (QED) is 0.692. The van der Waals surface area contributed by atoms with Crippen molar-refractivity contribution in [2.45, 2.75) is 39.5 Å². The van der Waals surface area contributed by atoms with Crippen LogP contribution in [0.4, 0.5) is 17.1 Å². The molecule has 2 heterocycles. The number of benzene rings is 1. The molecule has 0 spiro atoms. The Morgan fingerprint density at radius 1 is 1.15 bits per heavy atom. The fourth-order valence-electron chi connectivity index (χ4n) is 3.29. The SMILES string of the molecule is CCCCNc1ccnc(C(=O)Nc2ccc(N3CCC(C)CC3)cc2)c1. The number of pyridine rings is 1. The van der Waals surface area contributed by atoms with E-state index in [2.05, 4.69) is 46.5 Å². The Hall–Kier alpha value is -2.56. The lowest BCUT2D eigenvalue weighted by Crippen LogP contribution is -2.32. The number of hydrogen-bond acceptors (Lipinski definition) is 4. The fraction of sp³-hybridized carbons (Fsp3) is 0.455. The Labute approximate surface area is 162 Å². The van der Waals surface area contributed by atoms with Crippen LogP contribution in [0.2, 0.25) is 0 Å². The van der Waals surface area contributed by atoms with Gasteiger partial charge in [-0.25, -0.2) is 0 Å². The number of unbranched alkanes of at least 4 members (excludes halogenated alkanes) is 1. The van der Waals surface area contributed by atoms with E-state index in [-0.39, 0.29) is 5.91 Å². The molecule has 27 heavy (non-hydrogen) atoms. The first-order valence-electron chi connectivity index (χ1n) is 10.0. The van der Waals surface area contributed by atoms with Gasteiger partial charge in [0.2, 0.25) is 0 Å². The number of rotatable bonds is 7. The van der Waals surface area contributed by atoms with Gasteiger partial charge in [-0.2, -0.15) is 0 Å². The molecule has 0 bridgehead atoms. The summed E-state index contributed by atoms with van der Waals surface area (Å²) in [5.41, 5.74) is 3.37. The van der Waals surface area contributed by atoms with Crippen LogP contribution < -0.4 is 15.5 Å².